The third-order valence-electron chi connectivity index (χ3n) is 4.49. The van der Waals surface area contributed by atoms with E-state index in [1.165, 1.54) is 12.1 Å². The van der Waals surface area contributed by atoms with Gasteiger partial charge in [0, 0.05) is 19.0 Å². The molecule has 0 bridgehead atoms. The first kappa shape index (κ1) is 14.6. The molecule has 1 saturated heterocycles. The molecule has 0 aromatic heterocycles. The molecule has 1 aromatic rings. The number of anilines is 1. The molecule has 1 aromatic carbocycles. The van der Waals surface area contributed by atoms with Gasteiger partial charge in [0.15, 0.2) is 0 Å². The zero-order valence-corrected chi connectivity index (χ0v) is 12.2. The highest BCUT2D eigenvalue weighted by atomic mass is 35.5. The zero-order valence-electron chi connectivity index (χ0n) is 11.5. The second-order valence-corrected chi connectivity index (χ2v) is 5.69. The third-order valence-corrected chi connectivity index (χ3v) is 4.79. The summed E-state index contributed by atoms with van der Waals surface area (Å²) in [5, 5.41) is 0. The van der Waals surface area contributed by atoms with Crippen LogP contribution in [0.2, 0.25) is 0 Å². The first-order valence-corrected chi connectivity index (χ1v) is 7.37. The van der Waals surface area contributed by atoms with Crippen molar-refractivity contribution in [2.45, 2.75) is 39.0 Å². The molecule has 0 atom stereocenters. The molecular weight excluding hydrogens is 268 g/mol. The van der Waals surface area contributed by atoms with E-state index in [2.05, 4.69) is 13.8 Å². The molecule has 2 rings (SSSR count). The molecule has 0 N–H and O–H groups in total. The average molecular weight is 288 g/mol. The Morgan fingerprint density at radius 1 is 1.21 bits per heavy atom. The summed E-state index contributed by atoms with van der Waals surface area (Å²) in [7, 11) is 0. The maximum absolute atomic E-state index is 14.1. The quantitative estimate of drug-likeness (QED) is 0.724. The van der Waals surface area contributed by atoms with Gasteiger partial charge < -0.3 is 4.90 Å². The van der Waals surface area contributed by atoms with Crippen molar-refractivity contribution in [2.24, 2.45) is 5.41 Å². The molecular formula is C15H20ClF2N. The van der Waals surface area contributed by atoms with E-state index in [1.807, 2.05) is 4.90 Å². The van der Waals surface area contributed by atoms with Gasteiger partial charge in [0.05, 0.1) is 0 Å². The van der Waals surface area contributed by atoms with Crippen LogP contribution < -0.4 is 4.90 Å². The molecule has 1 aliphatic heterocycles. The Hall–Kier alpha value is -0.830. The lowest BCUT2D eigenvalue weighted by Gasteiger charge is -2.27. The molecule has 1 nitrogen and oxygen atoms in total. The fraction of sp³-hybridized carbons (Fsp3) is 0.600. The molecule has 19 heavy (non-hydrogen) atoms. The molecule has 0 radical (unpaired) electrons. The number of halogens is 3. The van der Waals surface area contributed by atoms with E-state index < -0.39 is 11.6 Å². The lowest BCUT2D eigenvalue weighted by atomic mass is 9.82. The Balaban J connectivity index is 2.29. The number of hydrogen-bond acceptors (Lipinski definition) is 1. The standard InChI is InChI=1S/C15H20ClF2N/c1-3-15(4-2)5-6-19(10-15)14-12(17)7-11(9-16)8-13(14)18/h7-8H,3-6,9-10H2,1-2H3. The Kier molecular flexibility index (Phi) is 4.34. The number of rotatable bonds is 4. The van der Waals surface area contributed by atoms with Crippen LogP contribution in [0, 0.1) is 17.0 Å². The van der Waals surface area contributed by atoms with Gasteiger partial charge >= 0.3 is 0 Å². The van der Waals surface area contributed by atoms with Gasteiger partial charge in [0.1, 0.15) is 17.3 Å². The summed E-state index contributed by atoms with van der Waals surface area (Å²) >= 11 is 5.63. The minimum atomic E-state index is -0.501. The first-order chi connectivity index (χ1) is 9.05. The Bertz CT molecular complexity index is 434. The highest BCUT2D eigenvalue weighted by Crippen LogP contribution is 2.40. The van der Waals surface area contributed by atoms with Gasteiger partial charge in [0.25, 0.3) is 0 Å². The highest BCUT2D eigenvalue weighted by molar-refractivity contribution is 6.17. The van der Waals surface area contributed by atoms with E-state index in [0.717, 1.165) is 32.4 Å². The van der Waals surface area contributed by atoms with Crippen LogP contribution in [0.25, 0.3) is 0 Å². The van der Waals surface area contributed by atoms with Crippen LogP contribution in [0.5, 0.6) is 0 Å². The van der Waals surface area contributed by atoms with Gasteiger partial charge in [-0.25, -0.2) is 8.78 Å². The minimum absolute atomic E-state index is 0.109. The number of hydrogen-bond donors (Lipinski definition) is 0. The van der Waals surface area contributed by atoms with E-state index in [0.29, 0.717) is 5.56 Å². The van der Waals surface area contributed by atoms with Crippen LogP contribution in [-0.4, -0.2) is 13.1 Å². The second kappa shape index (κ2) is 5.66. The number of benzene rings is 1. The molecule has 0 amide bonds. The van der Waals surface area contributed by atoms with E-state index in [9.17, 15) is 8.78 Å². The number of nitrogens with zero attached hydrogens (tertiary/aromatic N) is 1. The van der Waals surface area contributed by atoms with Gasteiger partial charge in [-0.15, -0.1) is 11.6 Å². The molecule has 0 saturated carbocycles. The molecule has 0 spiro atoms. The Morgan fingerprint density at radius 3 is 2.21 bits per heavy atom. The number of alkyl halides is 1. The molecule has 4 heteroatoms. The summed E-state index contributed by atoms with van der Waals surface area (Å²) in [4.78, 5) is 1.84. The summed E-state index contributed by atoms with van der Waals surface area (Å²) in [6.45, 7) is 5.75. The van der Waals surface area contributed by atoms with Crippen molar-refractivity contribution in [3.8, 4) is 0 Å². The summed E-state index contributed by atoms with van der Waals surface area (Å²) < 4.78 is 28.1. The highest BCUT2D eigenvalue weighted by Gasteiger charge is 2.36. The largest absolute Gasteiger partial charge is 0.366 e. The van der Waals surface area contributed by atoms with E-state index >= 15 is 0 Å². The van der Waals surface area contributed by atoms with Crippen molar-refractivity contribution in [1.82, 2.24) is 0 Å². The van der Waals surface area contributed by atoms with Crippen LogP contribution in [0.4, 0.5) is 14.5 Å². The van der Waals surface area contributed by atoms with Crippen molar-refractivity contribution in [1.29, 1.82) is 0 Å². The Morgan fingerprint density at radius 2 is 1.79 bits per heavy atom. The normalized spacial score (nSPS) is 18.1. The molecule has 1 heterocycles. The third kappa shape index (κ3) is 2.71. The van der Waals surface area contributed by atoms with Crippen LogP contribution in [0.3, 0.4) is 0 Å². The fourth-order valence-corrected chi connectivity index (χ4v) is 3.10. The van der Waals surface area contributed by atoms with Gasteiger partial charge in [-0.1, -0.05) is 13.8 Å². The zero-order chi connectivity index (χ0) is 14.0. The van der Waals surface area contributed by atoms with Crippen LogP contribution in [0.1, 0.15) is 38.7 Å². The van der Waals surface area contributed by atoms with Crippen molar-refractivity contribution in [2.75, 3.05) is 18.0 Å². The summed E-state index contributed by atoms with van der Waals surface area (Å²) in [6.07, 6.45) is 3.09. The lowest BCUT2D eigenvalue weighted by Crippen LogP contribution is -2.27. The van der Waals surface area contributed by atoms with Crippen LogP contribution >= 0.6 is 11.6 Å². The van der Waals surface area contributed by atoms with Crippen molar-refractivity contribution >= 4 is 17.3 Å². The second-order valence-electron chi connectivity index (χ2n) is 5.42. The van der Waals surface area contributed by atoms with E-state index in [-0.39, 0.29) is 17.0 Å². The molecule has 0 unspecified atom stereocenters. The van der Waals surface area contributed by atoms with Gasteiger partial charge in [-0.05, 0) is 42.4 Å². The molecule has 1 aliphatic rings. The molecule has 0 aliphatic carbocycles. The van der Waals surface area contributed by atoms with Crippen molar-refractivity contribution in [3.05, 3.63) is 29.3 Å². The SMILES string of the molecule is CCC1(CC)CCN(c2c(F)cc(CCl)cc2F)C1. The van der Waals surface area contributed by atoms with Crippen LogP contribution in [-0.2, 0) is 5.88 Å². The monoisotopic (exact) mass is 287 g/mol. The van der Waals surface area contributed by atoms with Gasteiger partial charge in [0.2, 0.25) is 0 Å². The summed E-state index contributed by atoms with van der Waals surface area (Å²) in [5.41, 5.74) is 0.791. The maximum Gasteiger partial charge on any atom is 0.149 e. The van der Waals surface area contributed by atoms with Crippen molar-refractivity contribution in [3.63, 3.8) is 0 Å². The fourth-order valence-electron chi connectivity index (χ4n) is 2.95. The van der Waals surface area contributed by atoms with E-state index in [4.69, 9.17) is 11.6 Å². The van der Waals surface area contributed by atoms with Gasteiger partial charge in [-0.3, -0.25) is 0 Å². The Labute approximate surface area is 118 Å². The maximum atomic E-state index is 14.1. The smallest absolute Gasteiger partial charge is 0.149 e. The topological polar surface area (TPSA) is 3.24 Å². The van der Waals surface area contributed by atoms with Gasteiger partial charge in [-0.2, -0.15) is 0 Å². The minimum Gasteiger partial charge on any atom is -0.366 e. The van der Waals surface area contributed by atoms with Crippen LogP contribution in [0.15, 0.2) is 12.1 Å². The first-order valence-electron chi connectivity index (χ1n) is 6.84. The molecule has 106 valence electrons. The predicted molar refractivity (Wildman–Crippen MR) is 75.8 cm³/mol. The average Bonchev–Trinajstić information content (AvgIpc) is 2.82. The predicted octanol–water partition coefficient (Wildman–Crippen LogP) is 4.72. The summed E-state index contributed by atoms with van der Waals surface area (Å²) in [6, 6.07) is 2.67. The van der Waals surface area contributed by atoms with Crippen molar-refractivity contribution < 1.29 is 8.78 Å². The van der Waals surface area contributed by atoms with E-state index in [1.54, 1.807) is 0 Å². The summed E-state index contributed by atoms with van der Waals surface area (Å²) in [5.74, 6) is -0.876. The molecule has 1 fully saturated rings. The lowest BCUT2D eigenvalue weighted by molar-refractivity contribution is 0.301.